The fraction of sp³-hybridized carbons (Fsp3) is 0.125. The van der Waals surface area contributed by atoms with Crippen LogP contribution >= 0.6 is 11.3 Å². The number of rotatable bonds is 2. The molecule has 1 heterocycles. The number of thiazole rings is 1. The minimum absolute atomic E-state index is 0.374. The van der Waals surface area contributed by atoms with Gasteiger partial charge in [0.1, 0.15) is 5.01 Å². The van der Waals surface area contributed by atoms with Crippen molar-refractivity contribution >= 4 is 27.5 Å². The van der Waals surface area contributed by atoms with E-state index in [0.717, 1.165) is 12.1 Å². The van der Waals surface area contributed by atoms with Crippen molar-refractivity contribution in [2.75, 3.05) is 7.11 Å². The first kappa shape index (κ1) is 15.5. The summed E-state index contributed by atoms with van der Waals surface area (Å²) in [5, 5.41) is 0.466. The van der Waals surface area contributed by atoms with E-state index in [1.54, 1.807) is 24.3 Å². The zero-order valence-corrected chi connectivity index (χ0v) is 12.7. The van der Waals surface area contributed by atoms with Crippen molar-refractivity contribution in [3.63, 3.8) is 0 Å². The Hall–Kier alpha value is -2.41. The molecule has 0 aliphatic carbocycles. The zero-order chi connectivity index (χ0) is 16.6. The molecule has 0 aliphatic heterocycles. The maximum atomic E-state index is 12.8. The second-order valence-electron chi connectivity index (χ2n) is 4.77. The molecule has 3 rings (SSSR count). The van der Waals surface area contributed by atoms with E-state index in [1.807, 2.05) is 0 Å². The predicted molar refractivity (Wildman–Crippen MR) is 81.4 cm³/mol. The van der Waals surface area contributed by atoms with Gasteiger partial charge in [-0.05, 0) is 30.3 Å². The number of halogens is 3. The third kappa shape index (κ3) is 3.05. The van der Waals surface area contributed by atoms with E-state index in [1.165, 1.54) is 24.5 Å². The molecule has 0 fully saturated rings. The summed E-state index contributed by atoms with van der Waals surface area (Å²) in [7, 11) is 1.28. The van der Waals surface area contributed by atoms with Gasteiger partial charge in [0.25, 0.3) is 0 Å². The van der Waals surface area contributed by atoms with Gasteiger partial charge in [-0.2, -0.15) is 13.2 Å². The van der Waals surface area contributed by atoms with Gasteiger partial charge in [-0.3, -0.25) is 0 Å². The average molecular weight is 337 g/mol. The number of benzene rings is 2. The normalized spacial score (nSPS) is 11.7. The Kier molecular flexibility index (Phi) is 3.81. The summed E-state index contributed by atoms with van der Waals surface area (Å²) in [5.41, 5.74) is 0.666. The Labute approximate surface area is 133 Å². The Balaban J connectivity index is 2.05. The van der Waals surface area contributed by atoms with E-state index in [9.17, 15) is 18.0 Å². The molecule has 1 aromatic heterocycles. The summed E-state index contributed by atoms with van der Waals surface area (Å²) in [6, 6.07) is 9.86. The molecule has 0 radical (unpaired) electrons. The molecule has 0 aliphatic rings. The van der Waals surface area contributed by atoms with E-state index < -0.39 is 17.7 Å². The van der Waals surface area contributed by atoms with Gasteiger partial charge in [0.15, 0.2) is 0 Å². The van der Waals surface area contributed by atoms with Gasteiger partial charge in [0, 0.05) is 5.56 Å². The summed E-state index contributed by atoms with van der Waals surface area (Å²) < 4.78 is 43.8. The highest BCUT2D eigenvalue weighted by Gasteiger charge is 2.30. The lowest BCUT2D eigenvalue weighted by Crippen LogP contribution is -2.04. The first-order valence-corrected chi connectivity index (χ1v) is 7.36. The van der Waals surface area contributed by atoms with Gasteiger partial charge in [0.2, 0.25) is 0 Å². The molecule has 23 heavy (non-hydrogen) atoms. The number of aromatic nitrogens is 1. The molecule has 0 spiro atoms. The van der Waals surface area contributed by atoms with Crippen LogP contribution in [0, 0.1) is 0 Å². The lowest BCUT2D eigenvalue weighted by Gasteiger charge is -2.07. The lowest BCUT2D eigenvalue weighted by atomic mass is 10.1. The molecule has 3 nitrogen and oxygen atoms in total. The van der Waals surface area contributed by atoms with Crippen LogP contribution in [0.15, 0.2) is 42.5 Å². The Morgan fingerprint density at radius 3 is 2.65 bits per heavy atom. The monoisotopic (exact) mass is 337 g/mol. The van der Waals surface area contributed by atoms with E-state index in [-0.39, 0.29) is 0 Å². The third-order valence-electron chi connectivity index (χ3n) is 3.25. The number of hydrogen-bond acceptors (Lipinski definition) is 4. The molecule has 0 N–H and O–H groups in total. The number of alkyl halides is 3. The van der Waals surface area contributed by atoms with Crippen molar-refractivity contribution in [3.8, 4) is 10.6 Å². The Morgan fingerprint density at radius 1 is 1.17 bits per heavy atom. The SMILES string of the molecule is COC(=O)c1ccc2nc(-c3cccc(C(F)(F)F)c3)sc2c1. The van der Waals surface area contributed by atoms with Gasteiger partial charge in [0.05, 0.1) is 28.5 Å². The first-order valence-electron chi connectivity index (χ1n) is 6.55. The van der Waals surface area contributed by atoms with Crippen molar-refractivity contribution in [1.29, 1.82) is 0 Å². The summed E-state index contributed by atoms with van der Waals surface area (Å²) >= 11 is 1.23. The maximum absolute atomic E-state index is 12.8. The Bertz CT molecular complexity index is 886. The van der Waals surface area contributed by atoms with E-state index >= 15 is 0 Å². The van der Waals surface area contributed by atoms with Crippen LogP contribution in [0.25, 0.3) is 20.8 Å². The van der Waals surface area contributed by atoms with Gasteiger partial charge in [-0.1, -0.05) is 12.1 Å². The van der Waals surface area contributed by atoms with Gasteiger partial charge >= 0.3 is 12.1 Å². The van der Waals surface area contributed by atoms with Crippen molar-refractivity contribution in [2.24, 2.45) is 0 Å². The maximum Gasteiger partial charge on any atom is 0.416 e. The van der Waals surface area contributed by atoms with Crippen LogP contribution in [-0.2, 0) is 10.9 Å². The van der Waals surface area contributed by atoms with E-state index in [2.05, 4.69) is 9.72 Å². The minimum Gasteiger partial charge on any atom is -0.465 e. The zero-order valence-electron chi connectivity index (χ0n) is 11.8. The Morgan fingerprint density at radius 2 is 1.96 bits per heavy atom. The van der Waals surface area contributed by atoms with Crippen molar-refractivity contribution in [1.82, 2.24) is 4.98 Å². The lowest BCUT2D eigenvalue weighted by molar-refractivity contribution is -0.137. The van der Waals surface area contributed by atoms with Crippen LogP contribution < -0.4 is 0 Å². The quantitative estimate of drug-likeness (QED) is 0.632. The van der Waals surface area contributed by atoms with Crippen LogP contribution in [0.3, 0.4) is 0 Å². The van der Waals surface area contributed by atoms with Crippen molar-refractivity contribution in [2.45, 2.75) is 6.18 Å². The topological polar surface area (TPSA) is 39.2 Å². The fourth-order valence-electron chi connectivity index (χ4n) is 2.12. The summed E-state index contributed by atoms with van der Waals surface area (Å²) in [4.78, 5) is 15.9. The summed E-state index contributed by atoms with van der Waals surface area (Å²) in [6.07, 6.45) is -4.40. The molecule has 0 bridgehead atoms. The van der Waals surface area contributed by atoms with Crippen LogP contribution in [-0.4, -0.2) is 18.1 Å². The predicted octanol–water partition coefficient (Wildman–Crippen LogP) is 4.77. The largest absolute Gasteiger partial charge is 0.465 e. The molecular formula is C16H10F3NO2S. The van der Waals surface area contributed by atoms with Crippen molar-refractivity contribution in [3.05, 3.63) is 53.6 Å². The number of nitrogens with zero attached hydrogens (tertiary/aromatic N) is 1. The molecule has 0 saturated carbocycles. The highest BCUT2D eigenvalue weighted by molar-refractivity contribution is 7.21. The summed E-state index contributed by atoms with van der Waals surface area (Å²) in [6.45, 7) is 0. The number of carbonyl (C=O) groups is 1. The number of carbonyl (C=O) groups excluding carboxylic acids is 1. The number of methoxy groups -OCH3 is 1. The number of ether oxygens (including phenoxy) is 1. The van der Waals surface area contributed by atoms with Crippen molar-refractivity contribution < 1.29 is 22.7 Å². The van der Waals surface area contributed by atoms with Gasteiger partial charge in [-0.25, -0.2) is 9.78 Å². The molecular weight excluding hydrogens is 327 g/mol. The highest BCUT2D eigenvalue weighted by atomic mass is 32.1. The van der Waals surface area contributed by atoms with Crippen LogP contribution in [0.1, 0.15) is 15.9 Å². The fourth-order valence-corrected chi connectivity index (χ4v) is 3.12. The molecule has 0 unspecified atom stereocenters. The van der Waals surface area contributed by atoms with E-state index in [0.29, 0.717) is 26.4 Å². The summed E-state index contributed by atoms with van der Waals surface area (Å²) in [5.74, 6) is -0.471. The van der Waals surface area contributed by atoms with Crippen LogP contribution in [0.4, 0.5) is 13.2 Å². The number of fused-ring (bicyclic) bond motifs is 1. The van der Waals surface area contributed by atoms with Gasteiger partial charge in [-0.15, -0.1) is 11.3 Å². The standard InChI is InChI=1S/C16H10F3NO2S/c1-22-15(21)10-5-6-12-13(8-10)23-14(20-12)9-3-2-4-11(7-9)16(17,18)19/h2-8H,1H3. The molecule has 0 atom stereocenters. The highest BCUT2D eigenvalue weighted by Crippen LogP contribution is 2.35. The number of esters is 1. The van der Waals surface area contributed by atoms with Crippen LogP contribution in [0.2, 0.25) is 0 Å². The molecule has 7 heteroatoms. The first-order chi connectivity index (χ1) is 10.9. The second kappa shape index (κ2) is 5.66. The average Bonchev–Trinajstić information content (AvgIpc) is 2.96. The molecule has 3 aromatic rings. The smallest absolute Gasteiger partial charge is 0.416 e. The second-order valence-corrected chi connectivity index (χ2v) is 5.80. The minimum atomic E-state index is -4.40. The van der Waals surface area contributed by atoms with Gasteiger partial charge < -0.3 is 4.74 Å². The molecule has 118 valence electrons. The number of hydrogen-bond donors (Lipinski definition) is 0. The molecule has 0 saturated heterocycles. The van der Waals surface area contributed by atoms with E-state index in [4.69, 9.17) is 0 Å². The molecule has 0 amide bonds. The molecule has 2 aromatic carbocycles. The van der Waals surface area contributed by atoms with Crippen LogP contribution in [0.5, 0.6) is 0 Å². The third-order valence-corrected chi connectivity index (χ3v) is 4.31.